The van der Waals surface area contributed by atoms with Gasteiger partial charge in [-0.15, -0.1) is 0 Å². The standard InChI is InChI=1S/C21H24ClN3O5/c1-29-19-11-16(17(25(27)28)12-20(19)30-2)21(26)23-13-18(24-8-3-4-9-24)14-6-5-7-15(22)10-14/h5-7,10-12,18H,3-4,8-9,13H2,1-2H3,(H,23,26). The van der Waals surface area contributed by atoms with Gasteiger partial charge in [0.05, 0.1) is 31.3 Å². The fraction of sp³-hybridized carbons (Fsp3) is 0.381. The summed E-state index contributed by atoms with van der Waals surface area (Å²) in [6.07, 6.45) is 2.18. The molecule has 0 aliphatic carbocycles. The number of benzene rings is 2. The van der Waals surface area contributed by atoms with Crippen LogP contribution in [0.4, 0.5) is 5.69 Å². The zero-order chi connectivity index (χ0) is 21.7. The number of carbonyl (C=O) groups is 1. The summed E-state index contributed by atoms with van der Waals surface area (Å²) in [6.45, 7) is 2.14. The van der Waals surface area contributed by atoms with E-state index < -0.39 is 10.8 Å². The Morgan fingerprint density at radius 2 is 1.87 bits per heavy atom. The van der Waals surface area contributed by atoms with Crippen molar-refractivity contribution in [3.8, 4) is 11.5 Å². The lowest BCUT2D eigenvalue weighted by molar-refractivity contribution is -0.385. The van der Waals surface area contributed by atoms with Gasteiger partial charge in [-0.05, 0) is 43.6 Å². The number of nitro benzene ring substituents is 1. The third-order valence-electron chi connectivity index (χ3n) is 5.21. The largest absolute Gasteiger partial charge is 0.493 e. The van der Waals surface area contributed by atoms with Crippen LogP contribution < -0.4 is 14.8 Å². The number of carbonyl (C=O) groups excluding carboxylic acids is 1. The lowest BCUT2D eigenvalue weighted by Gasteiger charge is -2.28. The van der Waals surface area contributed by atoms with Crippen molar-refractivity contribution in [1.29, 1.82) is 0 Å². The molecule has 0 saturated carbocycles. The van der Waals surface area contributed by atoms with Crippen LogP contribution in [0.2, 0.25) is 5.02 Å². The molecule has 1 heterocycles. The first-order valence-electron chi connectivity index (χ1n) is 9.62. The summed E-state index contributed by atoms with van der Waals surface area (Å²) in [7, 11) is 2.79. The fourth-order valence-corrected chi connectivity index (χ4v) is 3.91. The van der Waals surface area contributed by atoms with Gasteiger partial charge in [0.1, 0.15) is 5.56 Å². The molecule has 8 nitrogen and oxygen atoms in total. The highest BCUT2D eigenvalue weighted by Crippen LogP contribution is 2.34. The monoisotopic (exact) mass is 433 g/mol. The number of nitrogens with one attached hydrogen (secondary N) is 1. The van der Waals surface area contributed by atoms with Crippen molar-refractivity contribution in [1.82, 2.24) is 10.2 Å². The van der Waals surface area contributed by atoms with Gasteiger partial charge in [0.2, 0.25) is 0 Å². The summed E-state index contributed by atoms with van der Waals surface area (Å²) in [5.41, 5.74) is 0.570. The highest BCUT2D eigenvalue weighted by molar-refractivity contribution is 6.30. The third kappa shape index (κ3) is 4.83. The minimum absolute atomic E-state index is 0.0747. The van der Waals surface area contributed by atoms with Gasteiger partial charge in [0, 0.05) is 17.6 Å². The maximum Gasteiger partial charge on any atom is 0.286 e. The first-order valence-corrected chi connectivity index (χ1v) is 10.0. The van der Waals surface area contributed by atoms with E-state index in [9.17, 15) is 14.9 Å². The number of halogens is 1. The van der Waals surface area contributed by atoms with E-state index in [1.54, 1.807) is 6.07 Å². The highest BCUT2D eigenvalue weighted by Gasteiger charge is 2.27. The maximum absolute atomic E-state index is 12.9. The average Bonchev–Trinajstić information content (AvgIpc) is 3.27. The summed E-state index contributed by atoms with van der Waals surface area (Å²) in [6, 6.07) is 9.99. The summed E-state index contributed by atoms with van der Waals surface area (Å²) in [5, 5.41) is 15.0. The third-order valence-corrected chi connectivity index (χ3v) is 5.45. The zero-order valence-electron chi connectivity index (χ0n) is 16.9. The minimum Gasteiger partial charge on any atom is -0.493 e. The lowest BCUT2D eigenvalue weighted by atomic mass is 10.0. The molecule has 0 bridgehead atoms. The second-order valence-corrected chi connectivity index (χ2v) is 7.44. The van der Waals surface area contributed by atoms with E-state index in [-0.39, 0.29) is 28.8 Å². The van der Waals surface area contributed by atoms with Crippen LogP contribution >= 0.6 is 11.6 Å². The van der Waals surface area contributed by atoms with E-state index in [1.165, 1.54) is 26.4 Å². The first kappa shape index (κ1) is 21.9. The molecular weight excluding hydrogens is 410 g/mol. The van der Waals surface area contributed by atoms with Gasteiger partial charge < -0.3 is 14.8 Å². The molecule has 9 heteroatoms. The Morgan fingerprint density at radius 1 is 1.20 bits per heavy atom. The number of amides is 1. The van der Waals surface area contributed by atoms with E-state index in [4.69, 9.17) is 21.1 Å². The molecule has 0 spiro atoms. The van der Waals surface area contributed by atoms with Gasteiger partial charge in [-0.25, -0.2) is 0 Å². The number of hydrogen-bond donors (Lipinski definition) is 1. The predicted molar refractivity (Wildman–Crippen MR) is 114 cm³/mol. The van der Waals surface area contributed by atoms with Crippen LogP contribution in [0.5, 0.6) is 11.5 Å². The van der Waals surface area contributed by atoms with Crippen molar-refractivity contribution >= 4 is 23.2 Å². The molecule has 1 aliphatic rings. The van der Waals surface area contributed by atoms with Crippen molar-refractivity contribution < 1.29 is 19.2 Å². The number of nitro groups is 1. The molecule has 1 atom stereocenters. The first-order chi connectivity index (χ1) is 14.4. The zero-order valence-corrected chi connectivity index (χ0v) is 17.6. The van der Waals surface area contributed by atoms with Crippen LogP contribution in [0, 0.1) is 10.1 Å². The molecule has 1 amide bonds. The van der Waals surface area contributed by atoms with Crippen molar-refractivity contribution in [2.24, 2.45) is 0 Å². The van der Waals surface area contributed by atoms with Crippen LogP contribution in [0.3, 0.4) is 0 Å². The van der Waals surface area contributed by atoms with Gasteiger partial charge in [-0.1, -0.05) is 23.7 Å². The number of nitrogens with zero attached hydrogens (tertiary/aromatic N) is 2. The number of rotatable bonds is 8. The van der Waals surface area contributed by atoms with E-state index >= 15 is 0 Å². The van der Waals surface area contributed by atoms with Crippen LogP contribution in [-0.2, 0) is 0 Å². The molecule has 2 aromatic rings. The molecule has 1 saturated heterocycles. The summed E-state index contributed by atoms with van der Waals surface area (Å²) in [5.74, 6) is -0.109. The molecular formula is C21H24ClN3O5. The Labute approximate surface area is 179 Å². The van der Waals surface area contributed by atoms with Gasteiger partial charge in [-0.2, -0.15) is 0 Å². The number of methoxy groups -OCH3 is 2. The van der Waals surface area contributed by atoms with Gasteiger partial charge in [0.25, 0.3) is 11.6 Å². The molecule has 30 heavy (non-hydrogen) atoms. The van der Waals surface area contributed by atoms with Crippen LogP contribution in [-0.4, -0.2) is 49.6 Å². The lowest BCUT2D eigenvalue weighted by Crippen LogP contribution is -2.37. The molecule has 1 unspecified atom stereocenters. The van der Waals surface area contributed by atoms with E-state index in [0.29, 0.717) is 11.6 Å². The maximum atomic E-state index is 12.9. The smallest absolute Gasteiger partial charge is 0.286 e. The summed E-state index contributed by atoms with van der Waals surface area (Å²) in [4.78, 5) is 26.1. The Balaban J connectivity index is 1.85. The van der Waals surface area contributed by atoms with Crippen molar-refractivity contribution in [2.75, 3.05) is 33.9 Å². The Morgan fingerprint density at radius 3 is 2.47 bits per heavy atom. The van der Waals surface area contributed by atoms with E-state index in [0.717, 1.165) is 31.5 Å². The Bertz CT molecular complexity index is 931. The minimum atomic E-state index is -0.605. The fourth-order valence-electron chi connectivity index (χ4n) is 3.71. The highest BCUT2D eigenvalue weighted by atomic mass is 35.5. The predicted octanol–water partition coefficient (Wildman–Crippen LogP) is 3.83. The number of hydrogen-bond acceptors (Lipinski definition) is 6. The molecule has 160 valence electrons. The van der Waals surface area contributed by atoms with Gasteiger partial charge >= 0.3 is 0 Å². The number of ether oxygens (including phenoxy) is 2. The second-order valence-electron chi connectivity index (χ2n) is 7.01. The molecule has 1 fully saturated rings. The van der Waals surface area contributed by atoms with Crippen LogP contribution in [0.25, 0.3) is 0 Å². The topological polar surface area (TPSA) is 93.9 Å². The van der Waals surface area contributed by atoms with E-state index in [1.807, 2.05) is 18.2 Å². The Hall–Kier alpha value is -2.84. The molecule has 2 aromatic carbocycles. The second kappa shape index (κ2) is 9.77. The van der Waals surface area contributed by atoms with Crippen LogP contribution in [0.15, 0.2) is 36.4 Å². The van der Waals surface area contributed by atoms with Crippen molar-refractivity contribution in [3.63, 3.8) is 0 Å². The van der Waals surface area contributed by atoms with Crippen molar-refractivity contribution in [2.45, 2.75) is 18.9 Å². The SMILES string of the molecule is COc1cc(C(=O)NCC(c2cccc(Cl)c2)N2CCCC2)c([N+](=O)[O-])cc1OC. The van der Waals surface area contributed by atoms with Crippen LogP contribution in [0.1, 0.15) is 34.8 Å². The van der Waals surface area contributed by atoms with Gasteiger partial charge in [0.15, 0.2) is 11.5 Å². The summed E-state index contributed by atoms with van der Waals surface area (Å²) >= 11 is 6.17. The molecule has 1 aliphatic heterocycles. The summed E-state index contributed by atoms with van der Waals surface area (Å²) < 4.78 is 10.3. The molecule has 1 N–H and O–H groups in total. The molecule has 3 rings (SSSR count). The molecule has 0 radical (unpaired) electrons. The molecule has 0 aromatic heterocycles. The van der Waals surface area contributed by atoms with E-state index in [2.05, 4.69) is 10.2 Å². The van der Waals surface area contributed by atoms with Gasteiger partial charge in [-0.3, -0.25) is 19.8 Å². The Kier molecular flexibility index (Phi) is 7.12. The normalized spacial score (nSPS) is 14.9. The number of likely N-dealkylation sites (tertiary alicyclic amines) is 1. The van der Waals surface area contributed by atoms with Crippen molar-refractivity contribution in [3.05, 3.63) is 62.7 Å². The quantitative estimate of drug-likeness (QED) is 0.502. The average molecular weight is 434 g/mol.